The van der Waals surface area contributed by atoms with Crippen molar-refractivity contribution in [3.8, 4) is 11.3 Å². The van der Waals surface area contributed by atoms with Crippen LogP contribution in [-0.2, 0) is 16.8 Å². The molecule has 0 N–H and O–H groups in total. The van der Waals surface area contributed by atoms with Crippen molar-refractivity contribution in [3.05, 3.63) is 82.1 Å². The summed E-state index contributed by atoms with van der Waals surface area (Å²) in [5.41, 5.74) is 3.48. The standard InChI is InChI=1S/C24H25N3O2/c1-17-11-13-21-19(16-17)10-7-15-26(21)23(29)24(2,3)27-22(28)14-12-20(25-27)18-8-5-4-6-9-18/h4-6,8-9,11-14,16H,7,10,15H2,1-3H3. The molecule has 5 nitrogen and oxygen atoms in total. The quantitative estimate of drug-likeness (QED) is 0.684. The Balaban J connectivity index is 1.74. The second kappa shape index (κ2) is 7.32. The van der Waals surface area contributed by atoms with Crippen molar-refractivity contribution >= 4 is 11.6 Å². The van der Waals surface area contributed by atoms with Crippen LogP contribution in [0.1, 0.15) is 31.4 Å². The SMILES string of the molecule is Cc1ccc2c(c1)CCCN2C(=O)C(C)(C)n1nc(-c2ccccc2)ccc1=O. The highest BCUT2D eigenvalue weighted by atomic mass is 16.2. The molecule has 0 aliphatic carbocycles. The van der Waals surface area contributed by atoms with Gasteiger partial charge in [-0.25, -0.2) is 4.68 Å². The van der Waals surface area contributed by atoms with E-state index in [1.54, 1.807) is 19.9 Å². The molecule has 4 rings (SSSR count). The lowest BCUT2D eigenvalue weighted by Crippen LogP contribution is -2.52. The fraction of sp³-hybridized carbons (Fsp3) is 0.292. The second-order valence-corrected chi connectivity index (χ2v) is 8.09. The van der Waals surface area contributed by atoms with E-state index in [1.807, 2.05) is 47.4 Å². The maximum Gasteiger partial charge on any atom is 0.267 e. The minimum absolute atomic E-state index is 0.123. The van der Waals surface area contributed by atoms with Crippen LogP contribution in [0.25, 0.3) is 11.3 Å². The number of carbonyl (C=O) groups is 1. The predicted octanol–water partition coefficient (Wildman–Crippen LogP) is 3.93. The van der Waals surface area contributed by atoms with Crippen molar-refractivity contribution in [1.82, 2.24) is 9.78 Å². The maximum atomic E-state index is 13.6. The average molecular weight is 387 g/mol. The highest BCUT2D eigenvalue weighted by Crippen LogP contribution is 2.31. The summed E-state index contributed by atoms with van der Waals surface area (Å²) in [7, 11) is 0. The summed E-state index contributed by atoms with van der Waals surface area (Å²) in [6, 6.07) is 19.0. The Labute approximate surface area is 170 Å². The molecule has 0 unspecified atom stereocenters. The molecule has 1 aliphatic heterocycles. The van der Waals surface area contributed by atoms with Gasteiger partial charge < -0.3 is 4.90 Å². The summed E-state index contributed by atoms with van der Waals surface area (Å²) in [6.45, 7) is 6.23. The Morgan fingerprint density at radius 1 is 1.03 bits per heavy atom. The van der Waals surface area contributed by atoms with Gasteiger partial charge >= 0.3 is 0 Å². The van der Waals surface area contributed by atoms with Crippen LogP contribution in [0.5, 0.6) is 0 Å². The zero-order valence-electron chi connectivity index (χ0n) is 17.1. The van der Waals surface area contributed by atoms with Crippen molar-refractivity contribution in [2.24, 2.45) is 0 Å². The van der Waals surface area contributed by atoms with E-state index in [0.29, 0.717) is 12.2 Å². The molecule has 0 atom stereocenters. The molecule has 1 amide bonds. The number of anilines is 1. The molecule has 0 spiro atoms. The molecule has 0 bridgehead atoms. The summed E-state index contributed by atoms with van der Waals surface area (Å²) in [5, 5.41) is 4.56. The van der Waals surface area contributed by atoms with Gasteiger partial charge in [0.15, 0.2) is 0 Å². The number of benzene rings is 2. The highest BCUT2D eigenvalue weighted by molar-refractivity contribution is 5.99. The van der Waals surface area contributed by atoms with E-state index < -0.39 is 5.54 Å². The normalized spacial score (nSPS) is 13.8. The van der Waals surface area contributed by atoms with E-state index in [2.05, 4.69) is 18.1 Å². The Morgan fingerprint density at radius 3 is 2.55 bits per heavy atom. The van der Waals surface area contributed by atoms with Gasteiger partial charge in [0.2, 0.25) is 0 Å². The first kappa shape index (κ1) is 19.1. The van der Waals surface area contributed by atoms with Crippen LogP contribution in [0.4, 0.5) is 5.69 Å². The molecule has 1 aliphatic rings. The van der Waals surface area contributed by atoms with Gasteiger partial charge in [0.05, 0.1) is 5.69 Å². The van der Waals surface area contributed by atoms with Crippen molar-refractivity contribution in [3.63, 3.8) is 0 Å². The molecule has 2 aromatic carbocycles. The Kier molecular flexibility index (Phi) is 4.82. The van der Waals surface area contributed by atoms with Crippen molar-refractivity contribution in [2.45, 2.75) is 39.2 Å². The van der Waals surface area contributed by atoms with Gasteiger partial charge in [-0.15, -0.1) is 0 Å². The zero-order chi connectivity index (χ0) is 20.6. The highest BCUT2D eigenvalue weighted by Gasteiger charge is 2.38. The smallest absolute Gasteiger partial charge is 0.267 e. The van der Waals surface area contributed by atoms with E-state index in [0.717, 1.165) is 24.1 Å². The number of fused-ring (bicyclic) bond motifs is 1. The fourth-order valence-electron chi connectivity index (χ4n) is 3.93. The molecular formula is C24H25N3O2. The first-order valence-electron chi connectivity index (χ1n) is 9.96. The van der Waals surface area contributed by atoms with Crippen LogP contribution in [0.3, 0.4) is 0 Å². The lowest BCUT2D eigenvalue weighted by Gasteiger charge is -2.36. The molecule has 0 radical (unpaired) electrons. The fourth-order valence-corrected chi connectivity index (χ4v) is 3.93. The summed E-state index contributed by atoms with van der Waals surface area (Å²) < 4.78 is 1.32. The number of hydrogen-bond acceptors (Lipinski definition) is 3. The minimum atomic E-state index is -1.11. The molecule has 29 heavy (non-hydrogen) atoms. The number of aromatic nitrogens is 2. The largest absolute Gasteiger partial charge is 0.310 e. The van der Waals surface area contributed by atoms with E-state index in [-0.39, 0.29) is 11.5 Å². The molecule has 0 fully saturated rings. The Morgan fingerprint density at radius 2 is 1.79 bits per heavy atom. The predicted molar refractivity (Wildman–Crippen MR) is 115 cm³/mol. The lowest BCUT2D eigenvalue weighted by molar-refractivity contribution is -0.126. The minimum Gasteiger partial charge on any atom is -0.310 e. The summed E-state index contributed by atoms with van der Waals surface area (Å²) >= 11 is 0. The Bertz CT molecular complexity index is 1120. The monoisotopic (exact) mass is 387 g/mol. The molecule has 0 saturated carbocycles. The van der Waals surface area contributed by atoms with Crippen LogP contribution in [0, 0.1) is 6.92 Å². The van der Waals surface area contributed by atoms with E-state index in [4.69, 9.17) is 0 Å². The third kappa shape index (κ3) is 3.48. The number of hydrogen-bond donors (Lipinski definition) is 0. The molecule has 1 aromatic heterocycles. The summed E-state index contributed by atoms with van der Waals surface area (Å²) in [4.78, 5) is 28.1. The van der Waals surface area contributed by atoms with Crippen LogP contribution in [0.15, 0.2) is 65.5 Å². The molecule has 148 valence electrons. The number of aryl methyl sites for hydroxylation is 2. The van der Waals surface area contributed by atoms with Crippen LogP contribution in [0.2, 0.25) is 0 Å². The van der Waals surface area contributed by atoms with Gasteiger partial charge in [-0.2, -0.15) is 5.10 Å². The van der Waals surface area contributed by atoms with Gasteiger partial charge in [-0.05, 0) is 51.3 Å². The number of nitrogens with zero attached hydrogens (tertiary/aromatic N) is 3. The molecular weight excluding hydrogens is 362 g/mol. The average Bonchev–Trinajstić information content (AvgIpc) is 2.73. The maximum absolute atomic E-state index is 13.6. The van der Waals surface area contributed by atoms with Crippen molar-refractivity contribution in [2.75, 3.05) is 11.4 Å². The van der Waals surface area contributed by atoms with Gasteiger partial charge in [0.1, 0.15) is 5.54 Å². The second-order valence-electron chi connectivity index (χ2n) is 8.09. The lowest BCUT2D eigenvalue weighted by atomic mass is 9.96. The van der Waals surface area contributed by atoms with Crippen LogP contribution >= 0.6 is 0 Å². The first-order chi connectivity index (χ1) is 13.9. The first-order valence-corrected chi connectivity index (χ1v) is 9.96. The van der Waals surface area contributed by atoms with Crippen LogP contribution < -0.4 is 10.5 Å². The van der Waals surface area contributed by atoms with Crippen LogP contribution in [-0.4, -0.2) is 22.2 Å². The zero-order valence-corrected chi connectivity index (χ0v) is 17.1. The van der Waals surface area contributed by atoms with Gasteiger partial charge in [0, 0.05) is 23.9 Å². The van der Waals surface area contributed by atoms with E-state index in [1.165, 1.54) is 21.9 Å². The van der Waals surface area contributed by atoms with Gasteiger partial charge in [-0.1, -0.05) is 48.0 Å². The molecule has 0 saturated heterocycles. The summed E-state index contributed by atoms with van der Waals surface area (Å²) in [6.07, 6.45) is 1.87. The molecule has 3 aromatic rings. The number of carbonyl (C=O) groups excluding carboxylic acids is 1. The van der Waals surface area contributed by atoms with Gasteiger partial charge in [-0.3, -0.25) is 9.59 Å². The topological polar surface area (TPSA) is 55.2 Å². The van der Waals surface area contributed by atoms with Gasteiger partial charge in [0.25, 0.3) is 11.5 Å². The number of rotatable bonds is 3. The third-order valence-electron chi connectivity index (χ3n) is 5.52. The Hall–Kier alpha value is -3.21. The van der Waals surface area contributed by atoms with Crippen molar-refractivity contribution in [1.29, 1.82) is 0 Å². The molecule has 2 heterocycles. The number of amides is 1. The van der Waals surface area contributed by atoms with E-state index in [9.17, 15) is 9.59 Å². The summed E-state index contributed by atoms with van der Waals surface area (Å²) in [5.74, 6) is -0.123. The van der Waals surface area contributed by atoms with Crippen molar-refractivity contribution < 1.29 is 4.79 Å². The third-order valence-corrected chi connectivity index (χ3v) is 5.52. The van der Waals surface area contributed by atoms with E-state index >= 15 is 0 Å². The molecule has 5 heteroatoms.